The molecule has 0 radical (unpaired) electrons. The molecule has 1 aliphatic rings. The minimum Gasteiger partial charge on any atom is -0.463 e. The van der Waals surface area contributed by atoms with Crippen LogP contribution in [0.3, 0.4) is 0 Å². The molecule has 7 nitrogen and oxygen atoms in total. The summed E-state index contributed by atoms with van der Waals surface area (Å²) < 4.78 is 10.9. The molecule has 0 aromatic carbocycles. The van der Waals surface area contributed by atoms with E-state index in [0.29, 0.717) is 30.6 Å². The van der Waals surface area contributed by atoms with Gasteiger partial charge in [0, 0.05) is 25.8 Å². The normalized spacial score (nSPS) is 15.9. The first-order valence-electron chi connectivity index (χ1n) is 7.28. The smallest absolute Gasteiger partial charge is 0.323 e. The van der Waals surface area contributed by atoms with Gasteiger partial charge in [-0.05, 0) is 26.2 Å². The SMILES string of the molecule is CCCOc1nc(NCC)nc(NC2CCOCC2)n1. The standard InChI is InChI=1S/C13H23N5O2/c1-3-7-20-13-17-11(14-4-2)16-12(18-13)15-10-5-8-19-9-6-10/h10H,3-9H2,1-2H3,(H2,14,15,16,17,18). The molecule has 0 atom stereocenters. The molecule has 0 saturated carbocycles. The maximum Gasteiger partial charge on any atom is 0.323 e. The highest BCUT2D eigenvalue weighted by molar-refractivity contribution is 5.36. The van der Waals surface area contributed by atoms with Crippen LogP contribution >= 0.6 is 0 Å². The molecule has 0 amide bonds. The second kappa shape index (κ2) is 7.84. The van der Waals surface area contributed by atoms with Crippen molar-refractivity contribution in [2.75, 3.05) is 37.0 Å². The lowest BCUT2D eigenvalue weighted by Crippen LogP contribution is -2.29. The summed E-state index contributed by atoms with van der Waals surface area (Å²) in [6.07, 6.45) is 2.85. The molecule has 0 unspecified atom stereocenters. The van der Waals surface area contributed by atoms with Gasteiger partial charge in [0.05, 0.1) is 6.61 Å². The van der Waals surface area contributed by atoms with Crippen LogP contribution in [0.25, 0.3) is 0 Å². The van der Waals surface area contributed by atoms with Crippen LogP contribution in [0.2, 0.25) is 0 Å². The van der Waals surface area contributed by atoms with Gasteiger partial charge in [0.1, 0.15) is 0 Å². The van der Waals surface area contributed by atoms with Crippen molar-refractivity contribution in [1.29, 1.82) is 0 Å². The summed E-state index contributed by atoms with van der Waals surface area (Å²) in [6, 6.07) is 0.715. The Morgan fingerprint density at radius 1 is 1.15 bits per heavy atom. The van der Waals surface area contributed by atoms with Gasteiger partial charge >= 0.3 is 6.01 Å². The minimum atomic E-state index is 0.347. The van der Waals surface area contributed by atoms with Gasteiger partial charge < -0.3 is 20.1 Å². The Morgan fingerprint density at radius 3 is 2.60 bits per heavy atom. The van der Waals surface area contributed by atoms with Crippen molar-refractivity contribution < 1.29 is 9.47 Å². The highest BCUT2D eigenvalue weighted by Crippen LogP contribution is 2.15. The highest BCUT2D eigenvalue weighted by Gasteiger charge is 2.16. The molecule has 2 rings (SSSR count). The molecule has 2 N–H and O–H groups in total. The minimum absolute atomic E-state index is 0.347. The molecule has 112 valence electrons. The van der Waals surface area contributed by atoms with E-state index in [1.807, 2.05) is 13.8 Å². The van der Waals surface area contributed by atoms with Gasteiger partial charge in [-0.1, -0.05) is 6.92 Å². The third-order valence-corrected chi connectivity index (χ3v) is 2.94. The Bertz CT molecular complexity index is 410. The Balaban J connectivity index is 2.06. The quantitative estimate of drug-likeness (QED) is 0.787. The predicted molar refractivity (Wildman–Crippen MR) is 77.2 cm³/mol. The fourth-order valence-electron chi connectivity index (χ4n) is 1.94. The summed E-state index contributed by atoms with van der Waals surface area (Å²) >= 11 is 0. The molecule has 7 heteroatoms. The van der Waals surface area contributed by atoms with Crippen LogP contribution in [-0.2, 0) is 4.74 Å². The van der Waals surface area contributed by atoms with Crippen LogP contribution < -0.4 is 15.4 Å². The van der Waals surface area contributed by atoms with Gasteiger partial charge in [0.15, 0.2) is 0 Å². The fourth-order valence-corrected chi connectivity index (χ4v) is 1.94. The topological polar surface area (TPSA) is 81.2 Å². The van der Waals surface area contributed by atoms with Gasteiger partial charge in [-0.3, -0.25) is 0 Å². The zero-order chi connectivity index (χ0) is 14.2. The zero-order valence-electron chi connectivity index (χ0n) is 12.2. The van der Waals surface area contributed by atoms with Gasteiger partial charge in [0.25, 0.3) is 0 Å². The van der Waals surface area contributed by atoms with Crippen LogP contribution in [0.4, 0.5) is 11.9 Å². The van der Waals surface area contributed by atoms with Crippen molar-refractivity contribution in [2.45, 2.75) is 39.2 Å². The number of ether oxygens (including phenoxy) is 2. The van der Waals surface area contributed by atoms with Crippen LogP contribution in [0, 0.1) is 0 Å². The molecule has 1 saturated heterocycles. The zero-order valence-corrected chi connectivity index (χ0v) is 12.2. The average molecular weight is 281 g/mol. The molecule has 0 bridgehead atoms. The molecule has 20 heavy (non-hydrogen) atoms. The number of rotatable bonds is 7. The van der Waals surface area contributed by atoms with Crippen molar-refractivity contribution >= 4 is 11.9 Å². The number of anilines is 2. The lowest BCUT2D eigenvalue weighted by molar-refractivity contribution is 0.0903. The second-order valence-electron chi connectivity index (χ2n) is 4.67. The number of hydrogen-bond acceptors (Lipinski definition) is 7. The molecule has 1 fully saturated rings. The van der Waals surface area contributed by atoms with Gasteiger partial charge in [-0.25, -0.2) is 0 Å². The first kappa shape index (κ1) is 14.8. The average Bonchev–Trinajstić information content (AvgIpc) is 2.46. The highest BCUT2D eigenvalue weighted by atomic mass is 16.5. The summed E-state index contributed by atoms with van der Waals surface area (Å²) in [6.45, 7) is 6.97. The second-order valence-corrected chi connectivity index (χ2v) is 4.67. The van der Waals surface area contributed by atoms with Gasteiger partial charge in [0.2, 0.25) is 11.9 Å². The Kier molecular flexibility index (Phi) is 5.79. The summed E-state index contributed by atoms with van der Waals surface area (Å²) in [7, 11) is 0. The maximum absolute atomic E-state index is 5.51. The van der Waals surface area contributed by atoms with E-state index in [1.165, 1.54) is 0 Å². The number of hydrogen-bond donors (Lipinski definition) is 2. The third-order valence-electron chi connectivity index (χ3n) is 2.94. The number of nitrogens with zero attached hydrogens (tertiary/aromatic N) is 3. The lowest BCUT2D eigenvalue weighted by Gasteiger charge is -2.23. The van der Waals surface area contributed by atoms with Crippen molar-refractivity contribution in [3.8, 4) is 6.01 Å². The van der Waals surface area contributed by atoms with E-state index in [4.69, 9.17) is 9.47 Å². The fraction of sp³-hybridized carbons (Fsp3) is 0.769. The molecule has 1 aromatic rings. The van der Waals surface area contributed by atoms with Crippen LogP contribution in [-0.4, -0.2) is 47.4 Å². The van der Waals surface area contributed by atoms with Crippen molar-refractivity contribution in [3.05, 3.63) is 0 Å². The molecular formula is C13H23N5O2. The first-order chi connectivity index (χ1) is 9.81. The predicted octanol–water partition coefficient (Wildman–Crippen LogP) is 1.68. The molecular weight excluding hydrogens is 258 g/mol. The van der Waals surface area contributed by atoms with E-state index in [2.05, 4.69) is 25.6 Å². The summed E-state index contributed by atoms with van der Waals surface area (Å²) in [5.74, 6) is 1.11. The van der Waals surface area contributed by atoms with Gasteiger partial charge in [-0.2, -0.15) is 15.0 Å². The van der Waals surface area contributed by atoms with E-state index < -0.39 is 0 Å². The largest absolute Gasteiger partial charge is 0.463 e. The van der Waals surface area contributed by atoms with E-state index in [-0.39, 0.29) is 0 Å². The number of aromatic nitrogens is 3. The number of nitrogens with one attached hydrogen (secondary N) is 2. The summed E-state index contributed by atoms with van der Waals surface area (Å²) in [5, 5.41) is 6.43. The Hall–Kier alpha value is -1.63. The molecule has 0 aliphatic carbocycles. The van der Waals surface area contributed by atoms with Crippen LogP contribution in [0.15, 0.2) is 0 Å². The molecule has 1 aliphatic heterocycles. The molecule has 1 aromatic heterocycles. The molecule has 2 heterocycles. The van der Waals surface area contributed by atoms with Crippen molar-refractivity contribution in [1.82, 2.24) is 15.0 Å². The monoisotopic (exact) mass is 281 g/mol. The van der Waals surface area contributed by atoms with E-state index in [1.54, 1.807) is 0 Å². The van der Waals surface area contributed by atoms with E-state index >= 15 is 0 Å². The maximum atomic E-state index is 5.51. The first-order valence-corrected chi connectivity index (χ1v) is 7.28. The Morgan fingerprint density at radius 2 is 1.90 bits per heavy atom. The van der Waals surface area contributed by atoms with Crippen molar-refractivity contribution in [3.63, 3.8) is 0 Å². The summed E-state index contributed by atoms with van der Waals surface area (Å²) in [5.41, 5.74) is 0. The third kappa shape index (κ3) is 4.48. The van der Waals surface area contributed by atoms with Gasteiger partial charge in [-0.15, -0.1) is 0 Å². The molecule has 0 spiro atoms. The van der Waals surface area contributed by atoms with Crippen LogP contribution in [0.1, 0.15) is 33.1 Å². The van der Waals surface area contributed by atoms with Crippen molar-refractivity contribution in [2.24, 2.45) is 0 Å². The van der Waals surface area contributed by atoms with E-state index in [0.717, 1.165) is 39.0 Å². The van der Waals surface area contributed by atoms with Crippen LogP contribution in [0.5, 0.6) is 6.01 Å². The van der Waals surface area contributed by atoms with E-state index in [9.17, 15) is 0 Å². The Labute approximate surface area is 119 Å². The summed E-state index contributed by atoms with van der Waals surface area (Å²) in [4.78, 5) is 12.9. The lowest BCUT2D eigenvalue weighted by atomic mass is 10.1.